The number of hydrogen-bond acceptors (Lipinski definition) is 2. The molecule has 3 nitrogen and oxygen atoms in total. The number of nitrogens with one attached hydrogen (secondary N) is 1. The summed E-state index contributed by atoms with van der Waals surface area (Å²) in [6, 6.07) is 18.2. The third kappa shape index (κ3) is 1.89. The quantitative estimate of drug-likeness (QED) is 0.402. The summed E-state index contributed by atoms with van der Waals surface area (Å²) in [6.07, 6.45) is 0. The Balaban J connectivity index is 2.37. The Kier molecular flexibility index (Phi) is 2.80. The minimum Gasteiger partial charge on any atom is -0.411 e. The summed E-state index contributed by atoms with van der Waals surface area (Å²) >= 11 is 0. The molecule has 0 atom stereocenters. The fraction of sp³-hybridized carbons (Fsp3) is 0.0625. The van der Waals surface area contributed by atoms with Gasteiger partial charge >= 0.3 is 0 Å². The van der Waals surface area contributed by atoms with Gasteiger partial charge in [0, 0.05) is 16.5 Å². The SMILES string of the molecule is C/C(=N/O)c1[nH]c2ccccc2c1-c1ccccc1. The Hall–Kier alpha value is -2.55. The van der Waals surface area contributed by atoms with E-state index >= 15 is 0 Å². The number of benzene rings is 2. The molecule has 0 amide bonds. The van der Waals surface area contributed by atoms with Gasteiger partial charge in [0.15, 0.2) is 0 Å². The number of aromatic amines is 1. The molecule has 0 bridgehead atoms. The van der Waals surface area contributed by atoms with Crippen LogP contribution in [0.15, 0.2) is 59.8 Å². The maximum atomic E-state index is 9.05. The summed E-state index contributed by atoms with van der Waals surface area (Å²) in [4.78, 5) is 3.32. The predicted octanol–water partition coefficient (Wildman–Crippen LogP) is 4.03. The average molecular weight is 250 g/mol. The van der Waals surface area contributed by atoms with Crippen molar-refractivity contribution in [3.05, 3.63) is 60.3 Å². The van der Waals surface area contributed by atoms with Crippen molar-refractivity contribution < 1.29 is 5.21 Å². The monoisotopic (exact) mass is 250 g/mol. The normalized spacial score (nSPS) is 11.9. The number of aromatic nitrogens is 1. The highest BCUT2D eigenvalue weighted by Gasteiger charge is 2.15. The molecule has 94 valence electrons. The van der Waals surface area contributed by atoms with Gasteiger partial charge in [-0.2, -0.15) is 0 Å². The second-order valence-corrected chi connectivity index (χ2v) is 4.47. The Labute approximate surface area is 111 Å². The summed E-state index contributed by atoms with van der Waals surface area (Å²) in [5, 5.41) is 13.5. The van der Waals surface area contributed by atoms with Crippen molar-refractivity contribution in [1.82, 2.24) is 4.98 Å². The number of hydrogen-bond donors (Lipinski definition) is 2. The van der Waals surface area contributed by atoms with Gasteiger partial charge in [-0.25, -0.2) is 0 Å². The molecule has 3 heteroatoms. The number of rotatable bonds is 2. The van der Waals surface area contributed by atoms with Gasteiger partial charge in [-0.1, -0.05) is 53.7 Å². The highest BCUT2D eigenvalue weighted by atomic mass is 16.4. The van der Waals surface area contributed by atoms with Crippen LogP contribution in [0.1, 0.15) is 12.6 Å². The molecule has 0 aliphatic rings. The van der Waals surface area contributed by atoms with E-state index in [0.717, 1.165) is 27.7 Å². The zero-order chi connectivity index (χ0) is 13.2. The summed E-state index contributed by atoms with van der Waals surface area (Å²) in [5.41, 5.74) is 4.66. The van der Waals surface area contributed by atoms with Gasteiger partial charge < -0.3 is 10.2 Å². The van der Waals surface area contributed by atoms with Crippen molar-refractivity contribution in [3.8, 4) is 11.1 Å². The lowest BCUT2D eigenvalue weighted by Crippen LogP contribution is -1.97. The Bertz CT molecular complexity index is 742. The van der Waals surface area contributed by atoms with Gasteiger partial charge in [0.2, 0.25) is 0 Å². The van der Waals surface area contributed by atoms with E-state index in [2.05, 4.69) is 28.3 Å². The number of H-pyrrole nitrogens is 1. The van der Waals surface area contributed by atoms with E-state index in [-0.39, 0.29) is 0 Å². The van der Waals surface area contributed by atoms with Crippen LogP contribution in [0.2, 0.25) is 0 Å². The van der Waals surface area contributed by atoms with Crippen molar-refractivity contribution in [2.45, 2.75) is 6.92 Å². The van der Waals surface area contributed by atoms with Crippen LogP contribution in [0.4, 0.5) is 0 Å². The van der Waals surface area contributed by atoms with Crippen LogP contribution in [-0.4, -0.2) is 15.9 Å². The van der Waals surface area contributed by atoms with Gasteiger partial charge in [0.25, 0.3) is 0 Å². The van der Waals surface area contributed by atoms with Gasteiger partial charge in [0.05, 0.1) is 5.69 Å². The first-order valence-electron chi connectivity index (χ1n) is 6.16. The molecule has 2 N–H and O–H groups in total. The van der Waals surface area contributed by atoms with Crippen LogP contribution in [-0.2, 0) is 0 Å². The smallest absolute Gasteiger partial charge is 0.100 e. The molecule has 0 aliphatic heterocycles. The van der Waals surface area contributed by atoms with E-state index in [1.807, 2.05) is 36.4 Å². The van der Waals surface area contributed by atoms with Crippen LogP contribution in [0.25, 0.3) is 22.0 Å². The summed E-state index contributed by atoms with van der Waals surface area (Å²) in [7, 11) is 0. The molecule has 0 radical (unpaired) electrons. The molecule has 0 unspecified atom stereocenters. The van der Waals surface area contributed by atoms with Crippen LogP contribution >= 0.6 is 0 Å². The van der Waals surface area contributed by atoms with Crippen LogP contribution in [0, 0.1) is 0 Å². The molecule has 0 spiro atoms. The summed E-state index contributed by atoms with van der Waals surface area (Å²) < 4.78 is 0. The predicted molar refractivity (Wildman–Crippen MR) is 77.7 cm³/mol. The van der Waals surface area contributed by atoms with Crippen molar-refractivity contribution in [1.29, 1.82) is 0 Å². The number of para-hydroxylation sites is 1. The zero-order valence-corrected chi connectivity index (χ0v) is 10.6. The minimum atomic E-state index is 0.579. The first kappa shape index (κ1) is 11.5. The van der Waals surface area contributed by atoms with Gasteiger partial charge in [0.1, 0.15) is 5.71 Å². The van der Waals surface area contributed by atoms with Gasteiger partial charge in [-0.15, -0.1) is 0 Å². The second kappa shape index (κ2) is 4.61. The first-order chi connectivity index (χ1) is 9.31. The van der Waals surface area contributed by atoms with E-state index in [1.165, 1.54) is 0 Å². The van der Waals surface area contributed by atoms with Gasteiger partial charge in [-0.3, -0.25) is 0 Å². The van der Waals surface area contributed by atoms with E-state index in [4.69, 9.17) is 5.21 Å². The standard InChI is InChI=1S/C16H14N2O/c1-11(18-19)16-15(12-7-3-2-4-8-12)13-9-5-6-10-14(13)17-16/h2-10,17,19H,1H3/b18-11-. The highest BCUT2D eigenvalue weighted by Crippen LogP contribution is 2.32. The van der Waals surface area contributed by atoms with E-state index in [0.29, 0.717) is 5.71 Å². The van der Waals surface area contributed by atoms with Crippen molar-refractivity contribution >= 4 is 16.6 Å². The van der Waals surface area contributed by atoms with E-state index in [9.17, 15) is 0 Å². The molecule has 0 saturated carbocycles. The fourth-order valence-corrected chi connectivity index (χ4v) is 2.37. The number of nitrogens with zero attached hydrogens (tertiary/aromatic N) is 1. The summed E-state index contributed by atoms with van der Waals surface area (Å²) in [5.74, 6) is 0. The molecule has 3 rings (SSSR count). The molecule has 3 aromatic rings. The third-order valence-corrected chi connectivity index (χ3v) is 3.28. The minimum absolute atomic E-state index is 0.579. The largest absolute Gasteiger partial charge is 0.411 e. The number of fused-ring (bicyclic) bond motifs is 1. The fourth-order valence-electron chi connectivity index (χ4n) is 2.37. The molecule has 0 fully saturated rings. The van der Waals surface area contributed by atoms with Crippen molar-refractivity contribution in [2.75, 3.05) is 0 Å². The second-order valence-electron chi connectivity index (χ2n) is 4.47. The molecular formula is C16H14N2O. The maximum Gasteiger partial charge on any atom is 0.100 e. The lowest BCUT2D eigenvalue weighted by molar-refractivity contribution is 0.319. The molecule has 2 aromatic carbocycles. The van der Waals surface area contributed by atoms with Crippen molar-refractivity contribution in [2.24, 2.45) is 5.16 Å². The molecule has 1 aromatic heterocycles. The first-order valence-corrected chi connectivity index (χ1v) is 6.16. The molecular weight excluding hydrogens is 236 g/mol. The number of oxime groups is 1. The topological polar surface area (TPSA) is 48.4 Å². The maximum absolute atomic E-state index is 9.05. The molecule has 0 aliphatic carbocycles. The zero-order valence-electron chi connectivity index (χ0n) is 10.6. The Morgan fingerprint density at radius 2 is 1.68 bits per heavy atom. The molecule has 19 heavy (non-hydrogen) atoms. The third-order valence-electron chi connectivity index (χ3n) is 3.28. The van der Waals surface area contributed by atoms with Crippen molar-refractivity contribution in [3.63, 3.8) is 0 Å². The van der Waals surface area contributed by atoms with Gasteiger partial charge in [-0.05, 0) is 18.6 Å². The average Bonchev–Trinajstić information content (AvgIpc) is 2.86. The molecule has 1 heterocycles. The highest BCUT2D eigenvalue weighted by molar-refractivity contribution is 6.11. The lowest BCUT2D eigenvalue weighted by Gasteiger charge is -2.03. The molecule has 0 saturated heterocycles. The van der Waals surface area contributed by atoms with Crippen LogP contribution in [0.5, 0.6) is 0 Å². The van der Waals surface area contributed by atoms with Crippen LogP contribution in [0.3, 0.4) is 0 Å². The Morgan fingerprint density at radius 1 is 1.00 bits per heavy atom. The Morgan fingerprint density at radius 3 is 2.42 bits per heavy atom. The summed E-state index contributed by atoms with van der Waals surface area (Å²) in [6.45, 7) is 1.79. The lowest BCUT2D eigenvalue weighted by atomic mass is 10.0. The van der Waals surface area contributed by atoms with E-state index < -0.39 is 0 Å². The van der Waals surface area contributed by atoms with Crippen LogP contribution < -0.4 is 0 Å². The van der Waals surface area contributed by atoms with E-state index in [1.54, 1.807) is 6.92 Å².